The topological polar surface area (TPSA) is 122 Å². The summed E-state index contributed by atoms with van der Waals surface area (Å²) in [7, 11) is 0. The number of nitrogens with one attached hydrogen (secondary N) is 2. The van der Waals surface area contributed by atoms with Gasteiger partial charge in [-0.05, 0) is 24.6 Å². The summed E-state index contributed by atoms with van der Waals surface area (Å²) in [5, 5.41) is 13.1. The second-order valence-electron chi connectivity index (χ2n) is 4.12. The molecule has 1 rings (SSSR count). The van der Waals surface area contributed by atoms with Crippen molar-refractivity contribution in [1.82, 2.24) is 5.32 Å². The van der Waals surface area contributed by atoms with E-state index in [0.29, 0.717) is 5.56 Å². The number of carboxylic acids is 1. The molecule has 0 heterocycles. The Kier molecular flexibility index (Phi) is 5.01. The van der Waals surface area contributed by atoms with Crippen LogP contribution < -0.4 is 16.4 Å². The second-order valence-corrected chi connectivity index (χ2v) is 4.12. The highest BCUT2D eigenvalue weighted by Gasteiger charge is 2.22. The molecule has 0 spiro atoms. The molecule has 0 aromatic heterocycles. The predicted molar refractivity (Wildman–Crippen MR) is 68.5 cm³/mol. The number of halogens is 1. The van der Waals surface area contributed by atoms with Crippen LogP contribution in [0.25, 0.3) is 0 Å². The summed E-state index contributed by atoms with van der Waals surface area (Å²) in [6, 6.07) is 1.70. The van der Waals surface area contributed by atoms with E-state index >= 15 is 0 Å². The third-order valence-corrected chi connectivity index (χ3v) is 2.44. The Hall–Kier alpha value is -2.64. The van der Waals surface area contributed by atoms with Gasteiger partial charge in [0.05, 0.1) is 6.42 Å². The molecule has 5 N–H and O–H groups in total. The standard InChI is InChI=1S/C12H14FN3O4/c1-6-2-3-7(4-8(6)13)15-12(20)16-9(11(18)19)5-10(14)17/h2-4,9H,5H2,1H3,(H2,14,17)(H,18,19)(H2,15,16,20)/t9-/m0/s1. The van der Waals surface area contributed by atoms with Crippen molar-refractivity contribution in [3.63, 3.8) is 0 Å². The van der Waals surface area contributed by atoms with Gasteiger partial charge in [-0.2, -0.15) is 0 Å². The lowest BCUT2D eigenvalue weighted by Gasteiger charge is -2.13. The predicted octanol–water partition coefficient (Wildman–Crippen LogP) is 0.584. The van der Waals surface area contributed by atoms with Crippen LogP contribution >= 0.6 is 0 Å². The summed E-state index contributed by atoms with van der Waals surface area (Å²) >= 11 is 0. The monoisotopic (exact) mass is 283 g/mol. The molecule has 0 unspecified atom stereocenters. The van der Waals surface area contributed by atoms with Gasteiger partial charge < -0.3 is 21.5 Å². The smallest absolute Gasteiger partial charge is 0.326 e. The molecule has 0 saturated carbocycles. The van der Waals surface area contributed by atoms with Gasteiger partial charge in [-0.15, -0.1) is 0 Å². The Labute approximate surface area is 114 Å². The maximum absolute atomic E-state index is 13.3. The van der Waals surface area contributed by atoms with Crippen molar-refractivity contribution in [3.05, 3.63) is 29.6 Å². The first-order chi connectivity index (χ1) is 9.29. The number of hydrogen-bond acceptors (Lipinski definition) is 3. The van der Waals surface area contributed by atoms with Gasteiger partial charge in [0.2, 0.25) is 5.91 Å². The Bertz CT molecular complexity index is 548. The van der Waals surface area contributed by atoms with Gasteiger partial charge in [0.25, 0.3) is 0 Å². The third kappa shape index (κ3) is 4.56. The average Bonchev–Trinajstić information content (AvgIpc) is 2.32. The minimum atomic E-state index is -1.44. The first-order valence-electron chi connectivity index (χ1n) is 5.64. The number of anilines is 1. The first-order valence-corrected chi connectivity index (χ1v) is 5.64. The summed E-state index contributed by atoms with van der Waals surface area (Å²) in [6.07, 6.45) is -0.537. The molecule has 0 radical (unpaired) electrons. The third-order valence-electron chi connectivity index (χ3n) is 2.44. The number of hydrogen-bond donors (Lipinski definition) is 4. The number of carbonyl (C=O) groups excluding carboxylic acids is 2. The number of rotatable bonds is 5. The molecule has 0 bridgehead atoms. The van der Waals surface area contributed by atoms with Crippen molar-refractivity contribution in [2.75, 3.05) is 5.32 Å². The van der Waals surface area contributed by atoms with Crippen LogP contribution in [0, 0.1) is 12.7 Å². The van der Waals surface area contributed by atoms with Gasteiger partial charge in [-0.3, -0.25) is 4.79 Å². The number of aryl methyl sites for hydroxylation is 1. The van der Waals surface area contributed by atoms with E-state index in [-0.39, 0.29) is 5.69 Å². The van der Waals surface area contributed by atoms with Crippen molar-refractivity contribution < 1.29 is 23.9 Å². The van der Waals surface area contributed by atoms with Gasteiger partial charge in [0.15, 0.2) is 0 Å². The zero-order chi connectivity index (χ0) is 15.3. The van der Waals surface area contributed by atoms with E-state index in [1.807, 2.05) is 0 Å². The quantitative estimate of drug-likeness (QED) is 0.631. The highest BCUT2D eigenvalue weighted by atomic mass is 19.1. The molecule has 0 aliphatic carbocycles. The number of nitrogens with two attached hydrogens (primary N) is 1. The van der Waals surface area contributed by atoms with Crippen molar-refractivity contribution in [2.45, 2.75) is 19.4 Å². The first kappa shape index (κ1) is 15.4. The highest BCUT2D eigenvalue weighted by Crippen LogP contribution is 2.13. The van der Waals surface area contributed by atoms with Crippen LogP contribution in [0.3, 0.4) is 0 Å². The zero-order valence-electron chi connectivity index (χ0n) is 10.6. The fraction of sp³-hybridized carbons (Fsp3) is 0.250. The average molecular weight is 283 g/mol. The lowest BCUT2D eigenvalue weighted by atomic mass is 10.2. The van der Waals surface area contributed by atoms with Crippen LogP contribution in [0.2, 0.25) is 0 Å². The molecule has 20 heavy (non-hydrogen) atoms. The van der Waals surface area contributed by atoms with Gasteiger partial charge in [0.1, 0.15) is 11.9 Å². The van der Waals surface area contributed by atoms with E-state index < -0.39 is 36.2 Å². The fourth-order valence-corrected chi connectivity index (χ4v) is 1.40. The van der Waals surface area contributed by atoms with Crippen molar-refractivity contribution in [2.24, 2.45) is 5.73 Å². The van der Waals surface area contributed by atoms with Crippen LogP contribution in [0.15, 0.2) is 18.2 Å². The maximum Gasteiger partial charge on any atom is 0.326 e. The minimum Gasteiger partial charge on any atom is -0.480 e. The molecule has 108 valence electrons. The van der Waals surface area contributed by atoms with E-state index in [4.69, 9.17) is 10.8 Å². The molecule has 0 aliphatic heterocycles. The van der Waals surface area contributed by atoms with Crippen LogP contribution in [-0.4, -0.2) is 29.1 Å². The number of carboxylic acid groups (broad SMARTS) is 1. The van der Waals surface area contributed by atoms with Gasteiger partial charge in [-0.25, -0.2) is 14.0 Å². The number of amides is 3. The molecule has 8 heteroatoms. The van der Waals surface area contributed by atoms with Crippen LogP contribution in [0.5, 0.6) is 0 Å². The molecule has 0 fully saturated rings. The summed E-state index contributed by atoms with van der Waals surface area (Å²) in [5.41, 5.74) is 5.44. The lowest BCUT2D eigenvalue weighted by Crippen LogP contribution is -2.45. The lowest BCUT2D eigenvalue weighted by molar-refractivity contribution is -0.140. The largest absolute Gasteiger partial charge is 0.480 e. The maximum atomic E-state index is 13.3. The van der Waals surface area contributed by atoms with E-state index in [9.17, 15) is 18.8 Å². The summed E-state index contributed by atoms with van der Waals surface area (Å²) in [5.74, 6) is -2.76. The van der Waals surface area contributed by atoms with Gasteiger partial charge in [0, 0.05) is 5.69 Å². The molecule has 1 aromatic rings. The fourth-order valence-electron chi connectivity index (χ4n) is 1.40. The molecular weight excluding hydrogens is 269 g/mol. The number of primary amides is 1. The highest BCUT2D eigenvalue weighted by molar-refractivity contribution is 5.93. The molecule has 3 amide bonds. The van der Waals surface area contributed by atoms with Crippen molar-refractivity contribution in [3.8, 4) is 0 Å². The van der Waals surface area contributed by atoms with Gasteiger partial charge >= 0.3 is 12.0 Å². The van der Waals surface area contributed by atoms with Crippen LogP contribution in [0.1, 0.15) is 12.0 Å². The van der Waals surface area contributed by atoms with E-state index in [2.05, 4.69) is 10.6 Å². The summed E-state index contributed by atoms with van der Waals surface area (Å²) in [6.45, 7) is 1.56. The van der Waals surface area contributed by atoms with E-state index in [1.54, 1.807) is 6.92 Å². The number of aliphatic carboxylic acids is 1. The molecule has 1 atom stereocenters. The molecule has 7 nitrogen and oxygen atoms in total. The number of carbonyl (C=O) groups is 3. The Morgan fingerprint density at radius 2 is 2.05 bits per heavy atom. The van der Waals surface area contributed by atoms with Crippen molar-refractivity contribution >= 4 is 23.6 Å². The summed E-state index contributed by atoms with van der Waals surface area (Å²) < 4.78 is 13.3. The van der Waals surface area contributed by atoms with Gasteiger partial charge in [-0.1, -0.05) is 6.07 Å². The Morgan fingerprint density at radius 3 is 2.55 bits per heavy atom. The van der Waals surface area contributed by atoms with Crippen LogP contribution in [0.4, 0.5) is 14.9 Å². The van der Waals surface area contributed by atoms with Crippen LogP contribution in [-0.2, 0) is 9.59 Å². The Balaban J connectivity index is 2.67. The summed E-state index contributed by atoms with van der Waals surface area (Å²) in [4.78, 5) is 33.0. The SMILES string of the molecule is Cc1ccc(NC(=O)N[C@@H](CC(N)=O)C(=O)O)cc1F. The van der Waals surface area contributed by atoms with E-state index in [1.165, 1.54) is 12.1 Å². The van der Waals surface area contributed by atoms with Crippen molar-refractivity contribution in [1.29, 1.82) is 0 Å². The minimum absolute atomic E-state index is 0.161. The Morgan fingerprint density at radius 1 is 1.40 bits per heavy atom. The molecule has 1 aromatic carbocycles. The zero-order valence-corrected chi connectivity index (χ0v) is 10.6. The molecule has 0 saturated heterocycles. The number of benzene rings is 1. The van der Waals surface area contributed by atoms with E-state index in [0.717, 1.165) is 6.07 Å². The number of urea groups is 1. The molecular formula is C12H14FN3O4. The second kappa shape index (κ2) is 6.50. The molecule has 0 aliphatic rings. The normalized spacial score (nSPS) is 11.5.